The smallest absolute Gasteiger partial charge is 0.312 e. The van der Waals surface area contributed by atoms with Gasteiger partial charge in [-0.15, -0.1) is 0 Å². The maximum atomic E-state index is 11.3. The maximum absolute atomic E-state index is 11.3. The number of carboxylic acids is 1. The van der Waals surface area contributed by atoms with Crippen LogP contribution in [0.4, 0.5) is 0 Å². The van der Waals surface area contributed by atoms with E-state index in [4.69, 9.17) is 4.74 Å². The molecular weight excluding hydrogens is 180 g/mol. The Hall–Kier alpha value is -0.570. The molecule has 0 amide bonds. The molecule has 80 valence electrons. The summed E-state index contributed by atoms with van der Waals surface area (Å²) in [7, 11) is 0. The highest BCUT2D eigenvalue weighted by Gasteiger charge is 2.48. The first-order valence-electron chi connectivity index (χ1n) is 5.38. The first-order valence-corrected chi connectivity index (χ1v) is 5.38. The fourth-order valence-corrected chi connectivity index (χ4v) is 2.76. The zero-order valence-corrected chi connectivity index (χ0v) is 8.71. The lowest BCUT2D eigenvalue weighted by atomic mass is 9.61. The Morgan fingerprint density at radius 3 is 2.50 bits per heavy atom. The summed E-state index contributed by atoms with van der Waals surface area (Å²) in [5, 5.41) is 9.27. The summed E-state index contributed by atoms with van der Waals surface area (Å²) >= 11 is 0. The van der Waals surface area contributed by atoms with E-state index in [0.29, 0.717) is 19.6 Å². The molecule has 0 spiro atoms. The molecule has 1 heterocycles. The van der Waals surface area contributed by atoms with Crippen LogP contribution in [0.15, 0.2) is 0 Å². The third-order valence-electron chi connectivity index (χ3n) is 3.88. The second-order valence-electron chi connectivity index (χ2n) is 5.23. The second kappa shape index (κ2) is 3.23. The van der Waals surface area contributed by atoms with Crippen molar-refractivity contribution in [3.8, 4) is 0 Å². The highest BCUT2D eigenvalue weighted by molar-refractivity contribution is 5.75. The molecule has 1 atom stereocenters. The number of hydrogen-bond donors (Lipinski definition) is 1. The zero-order chi connectivity index (χ0) is 10.2. The van der Waals surface area contributed by atoms with Crippen molar-refractivity contribution in [2.75, 3.05) is 13.2 Å². The Morgan fingerprint density at radius 2 is 2.14 bits per heavy atom. The molecule has 3 heteroatoms. The Labute approximate surface area is 84.4 Å². The predicted molar refractivity (Wildman–Crippen MR) is 52.1 cm³/mol. The summed E-state index contributed by atoms with van der Waals surface area (Å²) in [6, 6.07) is 0. The molecule has 0 aromatic rings. The van der Waals surface area contributed by atoms with Gasteiger partial charge in [-0.25, -0.2) is 0 Å². The summed E-state index contributed by atoms with van der Waals surface area (Å²) in [5.74, 6) is -0.664. The van der Waals surface area contributed by atoms with Crippen LogP contribution in [-0.4, -0.2) is 24.3 Å². The lowest BCUT2D eigenvalue weighted by Gasteiger charge is -2.43. The SMILES string of the molecule is CC1(CC2(C(=O)O)CCOC2)CCC1. The van der Waals surface area contributed by atoms with Gasteiger partial charge < -0.3 is 9.84 Å². The van der Waals surface area contributed by atoms with E-state index in [-0.39, 0.29) is 5.41 Å². The van der Waals surface area contributed by atoms with Gasteiger partial charge in [-0.05, 0) is 31.1 Å². The monoisotopic (exact) mass is 198 g/mol. The minimum absolute atomic E-state index is 0.270. The van der Waals surface area contributed by atoms with Crippen LogP contribution in [0.25, 0.3) is 0 Å². The molecule has 0 aromatic carbocycles. The van der Waals surface area contributed by atoms with Crippen molar-refractivity contribution in [2.24, 2.45) is 10.8 Å². The van der Waals surface area contributed by atoms with Gasteiger partial charge in [-0.3, -0.25) is 4.79 Å². The Bertz CT molecular complexity index is 237. The number of rotatable bonds is 3. The molecule has 3 nitrogen and oxygen atoms in total. The van der Waals surface area contributed by atoms with Crippen LogP contribution < -0.4 is 0 Å². The first kappa shape index (κ1) is 9.97. The number of ether oxygens (including phenoxy) is 1. The molecular formula is C11H18O3. The van der Waals surface area contributed by atoms with Crippen LogP contribution in [-0.2, 0) is 9.53 Å². The molecule has 1 saturated heterocycles. The van der Waals surface area contributed by atoms with Crippen LogP contribution >= 0.6 is 0 Å². The molecule has 2 fully saturated rings. The fraction of sp³-hybridized carbons (Fsp3) is 0.909. The lowest BCUT2D eigenvalue weighted by molar-refractivity contribution is -0.152. The van der Waals surface area contributed by atoms with E-state index in [2.05, 4.69) is 6.92 Å². The van der Waals surface area contributed by atoms with Gasteiger partial charge in [0.1, 0.15) is 0 Å². The molecule has 0 bridgehead atoms. The van der Waals surface area contributed by atoms with Crippen molar-refractivity contribution in [1.29, 1.82) is 0 Å². The Kier molecular flexibility index (Phi) is 2.30. The maximum Gasteiger partial charge on any atom is 0.312 e. The van der Waals surface area contributed by atoms with Gasteiger partial charge in [-0.1, -0.05) is 13.3 Å². The third-order valence-corrected chi connectivity index (χ3v) is 3.88. The molecule has 14 heavy (non-hydrogen) atoms. The predicted octanol–water partition coefficient (Wildman–Crippen LogP) is 2.06. The van der Waals surface area contributed by atoms with E-state index in [1.807, 2.05) is 0 Å². The molecule has 1 saturated carbocycles. The van der Waals surface area contributed by atoms with Crippen molar-refractivity contribution < 1.29 is 14.6 Å². The molecule has 2 aliphatic rings. The molecule has 1 N–H and O–H groups in total. The third kappa shape index (κ3) is 1.54. The topological polar surface area (TPSA) is 46.5 Å². The minimum Gasteiger partial charge on any atom is -0.481 e. The molecule has 2 rings (SSSR count). The van der Waals surface area contributed by atoms with Gasteiger partial charge in [0.15, 0.2) is 0 Å². The molecule has 1 aliphatic heterocycles. The molecule has 0 aromatic heterocycles. The summed E-state index contributed by atoms with van der Waals surface area (Å²) in [6.45, 7) is 3.24. The molecule has 1 unspecified atom stereocenters. The van der Waals surface area contributed by atoms with E-state index in [1.165, 1.54) is 19.3 Å². The fourth-order valence-electron chi connectivity index (χ4n) is 2.76. The normalized spacial score (nSPS) is 35.2. The number of carboxylic acid groups (broad SMARTS) is 1. The average molecular weight is 198 g/mol. The van der Waals surface area contributed by atoms with Gasteiger partial charge in [0, 0.05) is 6.61 Å². The molecule has 0 radical (unpaired) electrons. The van der Waals surface area contributed by atoms with Gasteiger partial charge >= 0.3 is 5.97 Å². The number of aliphatic carboxylic acids is 1. The largest absolute Gasteiger partial charge is 0.481 e. The van der Waals surface area contributed by atoms with E-state index in [1.54, 1.807) is 0 Å². The quantitative estimate of drug-likeness (QED) is 0.755. The summed E-state index contributed by atoms with van der Waals surface area (Å²) < 4.78 is 5.26. The second-order valence-corrected chi connectivity index (χ2v) is 5.23. The Balaban J connectivity index is 2.07. The van der Waals surface area contributed by atoms with Crippen molar-refractivity contribution in [3.63, 3.8) is 0 Å². The van der Waals surface area contributed by atoms with Crippen molar-refractivity contribution in [2.45, 2.75) is 39.0 Å². The summed E-state index contributed by atoms with van der Waals surface area (Å²) in [5.41, 5.74) is -0.304. The highest BCUT2D eigenvalue weighted by atomic mass is 16.5. The highest BCUT2D eigenvalue weighted by Crippen LogP contribution is 2.50. The summed E-state index contributed by atoms with van der Waals surface area (Å²) in [4.78, 5) is 11.3. The standard InChI is InChI=1S/C11H18O3/c1-10(3-2-4-10)7-11(9(12)13)5-6-14-8-11/h2-8H2,1H3,(H,12,13). The lowest BCUT2D eigenvalue weighted by Crippen LogP contribution is -2.40. The van der Waals surface area contributed by atoms with Crippen molar-refractivity contribution in [3.05, 3.63) is 0 Å². The van der Waals surface area contributed by atoms with Crippen LogP contribution in [0.5, 0.6) is 0 Å². The first-order chi connectivity index (χ1) is 6.56. The van der Waals surface area contributed by atoms with E-state index < -0.39 is 11.4 Å². The number of carbonyl (C=O) groups is 1. The van der Waals surface area contributed by atoms with Gasteiger partial charge in [-0.2, -0.15) is 0 Å². The Morgan fingerprint density at radius 1 is 1.43 bits per heavy atom. The van der Waals surface area contributed by atoms with E-state index in [0.717, 1.165) is 6.42 Å². The van der Waals surface area contributed by atoms with Crippen LogP contribution in [0.2, 0.25) is 0 Å². The van der Waals surface area contributed by atoms with Gasteiger partial charge in [0.05, 0.1) is 12.0 Å². The van der Waals surface area contributed by atoms with Gasteiger partial charge in [0.25, 0.3) is 0 Å². The zero-order valence-electron chi connectivity index (χ0n) is 8.71. The van der Waals surface area contributed by atoms with Crippen LogP contribution in [0, 0.1) is 10.8 Å². The van der Waals surface area contributed by atoms with Gasteiger partial charge in [0.2, 0.25) is 0 Å². The molecule has 1 aliphatic carbocycles. The van der Waals surface area contributed by atoms with Crippen molar-refractivity contribution >= 4 is 5.97 Å². The minimum atomic E-state index is -0.664. The summed E-state index contributed by atoms with van der Waals surface area (Å²) in [6.07, 6.45) is 5.12. The van der Waals surface area contributed by atoms with Crippen LogP contribution in [0.1, 0.15) is 39.0 Å². The number of hydrogen-bond acceptors (Lipinski definition) is 2. The van der Waals surface area contributed by atoms with E-state index in [9.17, 15) is 9.90 Å². The van der Waals surface area contributed by atoms with Crippen LogP contribution in [0.3, 0.4) is 0 Å². The van der Waals surface area contributed by atoms with Crippen molar-refractivity contribution in [1.82, 2.24) is 0 Å². The van der Waals surface area contributed by atoms with E-state index >= 15 is 0 Å². The average Bonchev–Trinajstić information content (AvgIpc) is 2.51.